The molecule has 1 fully saturated rings. The van der Waals surface area contributed by atoms with Crippen LogP contribution >= 0.6 is 11.6 Å². The number of hydrogen-bond acceptors (Lipinski definition) is 1. The summed E-state index contributed by atoms with van der Waals surface area (Å²) in [6.45, 7) is 3.10. The van der Waals surface area contributed by atoms with Gasteiger partial charge in [0.15, 0.2) is 0 Å². The summed E-state index contributed by atoms with van der Waals surface area (Å²) in [7, 11) is 0. The molecule has 1 atom stereocenters. The van der Waals surface area contributed by atoms with Crippen molar-refractivity contribution >= 4 is 11.6 Å². The van der Waals surface area contributed by atoms with E-state index in [-0.39, 0.29) is 10.8 Å². The summed E-state index contributed by atoms with van der Waals surface area (Å²) >= 11 is 5.77. The molecule has 0 heterocycles. The fraction of sp³-hybridized carbons (Fsp3) is 0.538. The second-order valence-electron chi connectivity index (χ2n) is 4.45. The Morgan fingerprint density at radius 3 is 2.81 bits per heavy atom. The van der Waals surface area contributed by atoms with Crippen LogP contribution in [0.2, 0.25) is 5.02 Å². The summed E-state index contributed by atoms with van der Waals surface area (Å²) in [4.78, 5) is 0. The zero-order valence-corrected chi connectivity index (χ0v) is 10.2. The lowest BCUT2D eigenvalue weighted by atomic mass is 10.0. The zero-order chi connectivity index (χ0) is 11.5. The fourth-order valence-electron chi connectivity index (χ4n) is 2.09. The van der Waals surface area contributed by atoms with Gasteiger partial charge in [0.25, 0.3) is 0 Å². The third-order valence-electron chi connectivity index (χ3n) is 3.10. The van der Waals surface area contributed by atoms with Gasteiger partial charge in [-0.15, -0.1) is 0 Å². The standard InChI is InChI=1S/C13H17ClFN/c1-2-16-13(10-4-5-10)8-9-3-6-12(15)11(14)7-9/h3,6-7,10,13,16H,2,4-5,8H2,1H3. The first-order valence-electron chi connectivity index (χ1n) is 5.88. The molecule has 0 saturated heterocycles. The molecule has 1 saturated carbocycles. The van der Waals surface area contributed by atoms with E-state index in [9.17, 15) is 4.39 Å². The third-order valence-corrected chi connectivity index (χ3v) is 3.39. The van der Waals surface area contributed by atoms with Crippen LogP contribution < -0.4 is 5.32 Å². The molecular formula is C13H17ClFN. The molecule has 88 valence electrons. The molecule has 1 aliphatic carbocycles. The van der Waals surface area contributed by atoms with Crippen LogP contribution in [0.3, 0.4) is 0 Å². The second kappa shape index (κ2) is 5.15. The molecule has 0 aromatic heterocycles. The lowest BCUT2D eigenvalue weighted by molar-refractivity contribution is 0.472. The molecule has 0 spiro atoms. The van der Waals surface area contributed by atoms with Crippen molar-refractivity contribution in [2.45, 2.75) is 32.2 Å². The Bertz CT molecular complexity index is 363. The maximum atomic E-state index is 13.0. The summed E-state index contributed by atoms with van der Waals surface area (Å²) in [5, 5.41) is 3.72. The van der Waals surface area contributed by atoms with Crippen LogP contribution in [-0.4, -0.2) is 12.6 Å². The molecule has 0 aliphatic heterocycles. The molecule has 16 heavy (non-hydrogen) atoms. The van der Waals surface area contributed by atoms with Gasteiger partial charge in [-0.2, -0.15) is 0 Å². The smallest absolute Gasteiger partial charge is 0.141 e. The molecule has 1 N–H and O–H groups in total. The van der Waals surface area contributed by atoms with Crippen molar-refractivity contribution in [2.75, 3.05) is 6.54 Å². The van der Waals surface area contributed by atoms with Crippen LogP contribution in [0, 0.1) is 11.7 Å². The van der Waals surface area contributed by atoms with E-state index in [2.05, 4.69) is 12.2 Å². The normalized spacial score (nSPS) is 17.4. The van der Waals surface area contributed by atoms with Crippen molar-refractivity contribution in [3.63, 3.8) is 0 Å². The van der Waals surface area contributed by atoms with E-state index >= 15 is 0 Å². The van der Waals surface area contributed by atoms with Crippen LogP contribution in [-0.2, 0) is 6.42 Å². The lowest BCUT2D eigenvalue weighted by Crippen LogP contribution is -2.32. The van der Waals surface area contributed by atoms with Gasteiger partial charge in [-0.25, -0.2) is 4.39 Å². The molecule has 1 nitrogen and oxygen atoms in total. The van der Waals surface area contributed by atoms with Crippen molar-refractivity contribution in [2.24, 2.45) is 5.92 Å². The predicted molar refractivity (Wildman–Crippen MR) is 65.3 cm³/mol. The van der Waals surface area contributed by atoms with E-state index in [0.29, 0.717) is 6.04 Å². The second-order valence-corrected chi connectivity index (χ2v) is 4.86. The molecule has 0 bridgehead atoms. The molecule has 2 rings (SSSR count). The highest BCUT2D eigenvalue weighted by Gasteiger charge is 2.30. The fourth-order valence-corrected chi connectivity index (χ4v) is 2.29. The van der Waals surface area contributed by atoms with E-state index in [0.717, 1.165) is 24.4 Å². The van der Waals surface area contributed by atoms with Crippen molar-refractivity contribution in [3.05, 3.63) is 34.6 Å². The van der Waals surface area contributed by atoms with Gasteiger partial charge >= 0.3 is 0 Å². The third kappa shape index (κ3) is 2.96. The first-order valence-corrected chi connectivity index (χ1v) is 6.25. The average Bonchev–Trinajstić information content (AvgIpc) is 3.06. The van der Waals surface area contributed by atoms with Crippen LogP contribution in [0.4, 0.5) is 4.39 Å². The van der Waals surface area contributed by atoms with Crippen molar-refractivity contribution in [3.8, 4) is 0 Å². The van der Waals surface area contributed by atoms with Gasteiger partial charge in [0.1, 0.15) is 5.82 Å². The molecular weight excluding hydrogens is 225 g/mol. The van der Waals surface area contributed by atoms with E-state index in [1.807, 2.05) is 6.07 Å². The minimum absolute atomic E-state index is 0.226. The quantitative estimate of drug-likeness (QED) is 0.833. The molecule has 0 amide bonds. The van der Waals surface area contributed by atoms with E-state index in [1.54, 1.807) is 6.07 Å². The van der Waals surface area contributed by atoms with Crippen molar-refractivity contribution in [1.82, 2.24) is 5.32 Å². The topological polar surface area (TPSA) is 12.0 Å². The van der Waals surface area contributed by atoms with Crippen molar-refractivity contribution < 1.29 is 4.39 Å². The Balaban J connectivity index is 2.03. The van der Waals surface area contributed by atoms with Crippen LogP contribution in [0.15, 0.2) is 18.2 Å². The van der Waals surface area contributed by atoms with E-state index in [4.69, 9.17) is 11.6 Å². The molecule has 1 aromatic rings. The highest BCUT2D eigenvalue weighted by molar-refractivity contribution is 6.30. The summed E-state index contributed by atoms with van der Waals surface area (Å²) < 4.78 is 13.0. The van der Waals surface area contributed by atoms with Crippen LogP contribution in [0.5, 0.6) is 0 Å². The van der Waals surface area contributed by atoms with Crippen LogP contribution in [0.1, 0.15) is 25.3 Å². The minimum atomic E-state index is -0.336. The Labute approximate surface area is 101 Å². The SMILES string of the molecule is CCNC(Cc1ccc(F)c(Cl)c1)C1CC1. The number of rotatable bonds is 5. The van der Waals surface area contributed by atoms with Gasteiger partial charge in [0.2, 0.25) is 0 Å². The number of hydrogen-bond donors (Lipinski definition) is 1. The molecule has 1 unspecified atom stereocenters. The Morgan fingerprint density at radius 2 is 2.25 bits per heavy atom. The largest absolute Gasteiger partial charge is 0.314 e. The maximum absolute atomic E-state index is 13.0. The monoisotopic (exact) mass is 241 g/mol. The maximum Gasteiger partial charge on any atom is 0.141 e. The summed E-state index contributed by atoms with van der Waals surface area (Å²) in [5.41, 5.74) is 1.12. The van der Waals surface area contributed by atoms with Gasteiger partial charge in [-0.1, -0.05) is 24.6 Å². The summed E-state index contributed by atoms with van der Waals surface area (Å²) in [6, 6.07) is 5.54. The number of nitrogens with one attached hydrogen (secondary N) is 1. The minimum Gasteiger partial charge on any atom is -0.314 e. The van der Waals surface area contributed by atoms with Crippen LogP contribution in [0.25, 0.3) is 0 Å². The van der Waals surface area contributed by atoms with Gasteiger partial charge in [0, 0.05) is 6.04 Å². The Morgan fingerprint density at radius 1 is 1.50 bits per heavy atom. The molecule has 1 aromatic carbocycles. The average molecular weight is 242 g/mol. The van der Waals surface area contributed by atoms with Gasteiger partial charge in [0.05, 0.1) is 5.02 Å². The highest BCUT2D eigenvalue weighted by atomic mass is 35.5. The predicted octanol–water partition coefficient (Wildman–Crippen LogP) is 3.41. The molecule has 3 heteroatoms. The number of halogens is 2. The number of likely N-dealkylation sites (N-methyl/N-ethyl adjacent to an activating group) is 1. The zero-order valence-electron chi connectivity index (χ0n) is 9.47. The lowest BCUT2D eigenvalue weighted by Gasteiger charge is -2.17. The molecule has 0 radical (unpaired) electrons. The Kier molecular flexibility index (Phi) is 3.82. The van der Waals surface area contributed by atoms with Gasteiger partial charge < -0.3 is 5.32 Å². The number of benzene rings is 1. The summed E-state index contributed by atoms with van der Waals surface area (Å²) in [6.07, 6.45) is 3.57. The highest BCUT2D eigenvalue weighted by Crippen LogP contribution is 2.34. The van der Waals surface area contributed by atoms with Gasteiger partial charge in [-0.05, 0) is 49.4 Å². The Hall–Kier alpha value is -0.600. The first-order chi connectivity index (χ1) is 7.70. The van der Waals surface area contributed by atoms with Gasteiger partial charge in [-0.3, -0.25) is 0 Å². The first kappa shape index (κ1) is 11.9. The van der Waals surface area contributed by atoms with E-state index in [1.165, 1.54) is 18.9 Å². The molecule has 1 aliphatic rings. The summed E-state index contributed by atoms with van der Waals surface area (Å²) in [5.74, 6) is 0.459. The van der Waals surface area contributed by atoms with E-state index < -0.39 is 0 Å². The van der Waals surface area contributed by atoms with Crippen molar-refractivity contribution in [1.29, 1.82) is 0 Å².